The Morgan fingerprint density at radius 3 is 2.95 bits per heavy atom. The second kappa shape index (κ2) is 5.79. The number of anilines is 1. The molecular formula is C14H13N3O2S2. The van der Waals surface area contributed by atoms with Crippen molar-refractivity contribution in [2.24, 2.45) is 0 Å². The Kier molecular flexibility index (Phi) is 3.85. The Balaban J connectivity index is 1.74. The van der Waals surface area contributed by atoms with Gasteiger partial charge in [0, 0.05) is 16.3 Å². The molecule has 0 spiro atoms. The quantitative estimate of drug-likeness (QED) is 0.789. The third-order valence-corrected chi connectivity index (χ3v) is 4.85. The zero-order valence-corrected chi connectivity index (χ0v) is 13.2. The lowest BCUT2D eigenvalue weighted by Gasteiger charge is -1.96. The number of nitrogens with one attached hydrogen (secondary N) is 1. The topological polar surface area (TPSA) is 68.0 Å². The third kappa shape index (κ3) is 3.03. The molecule has 0 atom stereocenters. The highest BCUT2D eigenvalue weighted by Gasteiger charge is 2.14. The number of rotatable bonds is 4. The van der Waals surface area contributed by atoms with Gasteiger partial charge < -0.3 is 4.52 Å². The average molecular weight is 319 g/mol. The largest absolute Gasteiger partial charge is 0.351 e. The van der Waals surface area contributed by atoms with Crippen LogP contribution in [0.1, 0.15) is 28.0 Å². The molecule has 7 heteroatoms. The lowest BCUT2D eigenvalue weighted by Crippen LogP contribution is -2.10. The van der Waals surface area contributed by atoms with Gasteiger partial charge in [-0.15, -0.1) is 22.7 Å². The minimum atomic E-state index is -0.336. The van der Waals surface area contributed by atoms with Gasteiger partial charge in [0.1, 0.15) is 0 Å². The van der Waals surface area contributed by atoms with Crippen LogP contribution >= 0.6 is 22.7 Å². The van der Waals surface area contributed by atoms with Crippen LogP contribution in [0.4, 0.5) is 5.13 Å². The van der Waals surface area contributed by atoms with Crippen LogP contribution < -0.4 is 5.32 Å². The predicted molar refractivity (Wildman–Crippen MR) is 84.0 cm³/mol. The standard InChI is InChI=1S/C14H13N3O2S2/c1-3-9-4-5-12(21-9)10-7-20-14(15-10)16-13(18)11-6-8(2)17-19-11/h4-7H,3H2,1-2H3,(H,15,16,18). The van der Waals surface area contributed by atoms with E-state index in [2.05, 4.69) is 34.5 Å². The number of hydrogen-bond acceptors (Lipinski definition) is 6. The zero-order chi connectivity index (χ0) is 14.8. The molecule has 1 N–H and O–H groups in total. The van der Waals surface area contributed by atoms with Gasteiger partial charge in [0.25, 0.3) is 5.91 Å². The second-order valence-electron chi connectivity index (χ2n) is 4.44. The molecule has 0 fully saturated rings. The Bertz CT molecular complexity index is 773. The SMILES string of the molecule is CCc1ccc(-c2csc(NC(=O)c3cc(C)no3)n2)s1. The summed E-state index contributed by atoms with van der Waals surface area (Å²) in [5.74, 6) is -0.148. The van der Waals surface area contributed by atoms with Crippen molar-refractivity contribution >= 4 is 33.7 Å². The van der Waals surface area contributed by atoms with E-state index in [9.17, 15) is 4.79 Å². The molecule has 0 saturated carbocycles. The van der Waals surface area contributed by atoms with Gasteiger partial charge in [0.2, 0.25) is 5.76 Å². The van der Waals surface area contributed by atoms with E-state index in [4.69, 9.17) is 4.52 Å². The molecule has 0 saturated heterocycles. The maximum atomic E-state index is 11.9. The fourth-order valence-corrected chi connectivity index (χ4v) is 3.47. The summed E-state index contributed by atoms with van der Waals surface area (Å²) in [4.78, 5) is 18.8. The van der Waals surface area contributed by atoms with Gasteiger partial charge in [-0.2, -0.15) is 0 Å². The van der Waals surface area contributed by atoms with E-state index in [1.54, 1.807) is 24.3 Å². The van der Waals surface area contributed by atoms with E-state index >= 15 is 0 Å². The predicted octanol–water partition coefficient (Wildman–Crippen LogP) is 3.98. The highest BCUT2D eigenvalue weighted by atomic mass is 32.1. The van der Waals surface area contributed by atoms with Crippen LogP contribution in [0.3, 0.4) is 0 Å². The van der Waals surface area contributed by atoms with E-state index < -0.39 is 0 Å². The van der Waals surface area contributed by atoms with Crippen molar-refractivity contribution in [3.05, 3.63) is 39.9 Å². The monoisotopic (exact) mass is 319 g/mol. The Labute approximate surface area is 129 Å². The molecule has 3 heterocycles. The Morgan fingerprint density at radius 1 is 1.43 bits per heavy atom. The minimum Gasteiger partial charge on any atom is -0.351 e. The number of thiazole rings is 1. The molecule has 0 aromatic carbocycles. The summed E-state index contributed by atoms with van der Waals surface area (Å²) in [6.07, 6.45) is 1.02. The highest BCUT2D eigenvalue weighted by Crippen LogP contribution is 2.31. The highest BCUT2D eigenvalue weighted by molar-refractivity contribution is 7.17. The van der Waals surface area contributed by atoms with E-state index in [0.717, 1.165) is 17.0 Å². The molecule has 3 rings (SSSR count). The first-order valence-electron chi connectivity index (χ1n) is 6.45. The number of carbonyl (C=O) groups is 1. The molecule has 108 valence electrons. The maximum absolute atomic E-state index is 11.9. The van der Waals surface area contributed by atoms with Crippen molar-refractivity contribution in [1.29, 1.82) is 0 Å². The number of carbonyl (C=O) groups excluding carboxylic acids is 1. The first kappa shape index (κ1) is 14.0. The van der Waals surface area contributed by atoms with Gasteiger partial charge in [-0.25, -0.2) is 4.98 Å². The summed E-state index contributed by atoms with van der Waals surface area (Å²) >= 11 is 3.11. The molecule has 1 amide bonds. The molecule has 0 aliphatic heterocycles. The number of hydrogen-bond donors (Lipinski definition) is 1. The average Bonchev–Trinajstić information content (AvgIpc) is 3.17. The molecule has 0 aliphatic rings. The van der Waals surface area contributed by atoms with Gasteiger partial charge in [-0.3, -0.25) is 10.1 Å². The molecular weight excluding hydrogens is 306 g/mol. The normalized spacial score (nSPS) is 10.8. The third-order valence-electron chi connectivity index (χ3n) is 2.84. The van der Waals surface area contributed by atoms with Gasteiger partial charge in [-0.05, 0) is 25.5 Å². The zero-order valence-electron chi connectivity index (χ0n) is 11.5. The number of amides is 1. The number of aryl methyl sites for hydroxylation is 2. The fraction of sp³-hybridized carbons (Fsp3) is 0.214. The van der Waals surface area contributed by atoms with Crippen LogP contribution in [-0.2, 0) is 6.42 Å². The summed E-state index contributed by atoms with van der Waals surface area (Å²) in [7, 11) is 0. The Hall–Kier alpha value is -1.99. The molecule has 0 radical (unpaired) electrons. The lowest BCUT2D eigenvalue weighted by molar-refractivity contribution is 0.0988. The van der Waals surface area contributed by atoms with E-state index in [1.165, 1.54) is 16.2 Å². The van der Waals surface area contributed by atoms with Crippen LogP contribution in [0, 0.1) is 6.92 Å². The van der Waals surface area contributed by atoms with Crippen molar-refractivity contribution < 1.29 is 9.32 Å². The summed E-state index contributed by atoms with van der Waals surface area (Å²) in [6, 6.07) is 5.76. The fourth-order valence-electron chi connectivity index (χ4n) is 1.78. The summed E-state index contributed by atoms with van der Waals surface area (Å²) < 4.78 is 4.92. The molecule has 21 heavy (non-hydrogen) atoms. The number of nitrogens with zero attached hydrogens (tertiary/aromatic N) is 2. The second-order valence-corrected chi connectivity index (χ2v) is 6.47. The molecule has 0 unspecified atom stereocenters. The van der Waals surface area contributed by atoms with Crippen LogP contribution in [0.25, 0.3) is 10.6 Å². The van der Waals surface area contributed by atoms with Gasteiger partial charge in [0.05, 0.1) is 16.3 Å². The molecule has 5 nitrogen and oxygen atoms in total. The van der Waals surface area contributed by atoms with E-state index in [0.29, 0.717) is 10.8 Å². The summed E-state index contributed by atoms with van der Waals surface area (Å²) in [6.45, 7) is 3.89. The molecule has 3 aromatic rings. The van der Waals surface area contributed by atoms with Crippen LogP contribution in [-0.4, -0.2) is 16.0 Å². The van der Waals surface area contributed by atoms with Crippen molar-refractivity contribution in [3.8, 4) is 10.6 Å². The van der Waals surface area contributed by atoms with Crippen molar-refractivity contribution in [2.45, 2.75) is 20.3 Å². The molecule has 0 aliphatic carbocycles. The Morgan fingerprint density at radius 2 is 2.29 bits per heavy atom. The van der Waals surface area contributed by atoms with E-state index in [-0.39, 0.29) is 11.7 Å². The first-order valence-corrected chi connectivity index (χ1v) is 8.14. The summed E-state index contributed by atoms with van der Waals surface area (Å²) in [5, 5.41) is 8.90. The molecule has 0 bridgehead atoms. The van der Waals surface area contributed by atoms with Crippen molar-refractivity contribution in [1.82, 2.24) is 10.1 Å². The first-order chi connectivity index (χ1) is 10.2. The van der Waals surface area contributed by atoms with Crippen LogP contribution in [0.2, 0.25) is 0 Å². The maximum Gasteiger partial charge on any atom is 0.296 e. The number of thiophene rings is 1. The van der Waals surface area contributed by atoms with Crippen LogP contribution in [0.15, 0.2) is 28.1 Å². The molecule has 3 aromatic heterocycles. The van der Waals surface area contributed by atoms with Gasteiger partial charge >= 0.3 is 0 Å². The van der Waals surface area contributed by atoms with Gasteiger partial charge in [-0.1, -0.05) is 12.1 Å². The van der Waals surface area contributed by atoms with Crippen molar-refractivity contribution in [3.63, 3.8) is 0 Å². The smallest absolute Gasteiger partial charge is 0.296 e. The summed E-state index contributed by atoms with van der Waals surface area (Å²) in [5.41, 5.74) is 1.56. The lowest BCUT2D eigenvalue weighted by atomic mass is 10.3. The van der Waals surface area contributed by atoms with E-state index in [1.807, 2.05) is 5.38 Å². The van der Waals surface area contributed by atoms with Crippen molar-refractivity contribution in [2.75, 3.05) is 5.32 Å². The van der Waals surface area contributed by atoms with Crippen LogP contribution in [0.5, 0.6) is 0 Å². The number of aromatic nitrogens is 2. The van der Waals surface area contributed by atoms with Gasteiger partial charge in [0.15, 0.2) is 5.13 Å². The minimum absolute atomic E-state index is 0.189.